The lowest BCUT2D eigenvalue weighted by Crippen LogP contribution is -2.10. The first-order valence-corrected chi connectivity index (χ1v) is 10.1. The molecule has 162 valence electrons. The average Bonchev–Trinajstić information content (AvgIpc) is 2.66. The fraction of sp³-hybridized carbons (Fsp3) is 0.318. The molecule has 0 unspecified atom stereocenters. The van der Waals surface area contributed by atoms with Crippen LogP contribution in [0.2, 0.25) is 0 Å². The predicted octanol–water partition coefficient (Wildman–Crippen LogP) is 5.98. The van der Waals surface area contributed by atoms with E-state index in [9.17, 15) is 18.0 Å². The van der Waals surface area contributed by atoms with E-state index < -0.39 is 24.3 Å². The van der Waals surface area contributed by atoms with Gasteiger partial charge in [-0.2, -0.15) is 13.2 Å². The van der Waals surface area contributed by atoms with E-state index in [1.807, 2.05) is 32.9 Å². The Bertz CT molecular complexity index is 902. The summed E-state index contributed by atoms with van der Waals surface area (Å²) < 4.78 is 48.8. The van der Waals surface area contributed by atoms with Gasteiger partial charge < -0.3 is 14.6 Å². The van der Waals surface area contributed by atoms with Crippen LogP contribution in [-0.2, 0) is 11.0 Å². The average molecular weight is 440 g/mol. The second kappa shape index (κ2) is 10.4. The molecule has 8 heteroatoms. The number of ether oxygens (including phenoxy) is 2. The Kier molecular flexibility index (Phi) is 8.23. The van der Waals surface area contributed by atoms with Crippen LogP contribution >= 0.6 is 11.8 Å². The van der Waals surface area contributed by atoms with Crippen LogP contribution in [0, 0.1) is 6.92 Å². The van der Waals surface area contributed by atoms with Crippen LogP contribution in [0.4, 0.5) is 13.2 Å². The molecular weight excluding hydrogens is 417 g/mol. The summed E-state index contributed by atoms with van der Waals surface area (Å²) in [7, 11) is 0. The minimum Gasteiger partial charge on any atom is -0.489 e. The molecule has 1 N–H and O–H groups in total. The number of hydrogen-bond donors (Lipinski definition) is 1. The van der Waals surface area contributed by atoms with Gasteiger partial charge in [-0.3, -0.25) is 0 Å². The summed E-state index contributed by atoms with van der Waals surface area (Å²) in [4.78, 5) is 11.6. The highest BCUT2D eigenvalue weighted by Crippen LogP contribution is 2.31. The van der Waals surface area contributed by atoms with Crippen molar-refractivity contribution in [3.63, 3.8) is 0 Å². The van der Waals surface area contributed by atoms with E-state index in [2.05, 4.69) is 0 Å². The Balaban J connectivity index is 1.94. The summed E-state index contributed by atoms with van der Waals surface area (Å²) in [6.45, 7) is 5.65. The number of carboxylic acids is 1. The molecule has 0 aliphatic heterocycles. The van der Waals surface area contributed by atoms with Crippen molar-refractivity contribution in [3.05, 3.63) is 64.7 Å². The third-order valence-corrected chi connectivity index (χ3v) is 5.29. The standard InChI is InChI=1S/C22H23F3O4S/c1-14(2)16(11-28-18-6-4-17(5-7-18)22(23,24)25)13-30-19-8-9-20(15(3)10-19)29-12-21(26)27/h4-10H,11-13H2,1-3H3,(H,26,27). The van der Waals surface area contributed by atoms with Gasteiger partial charge in [0.1, 0.15) is 18.1 Å². The van der Waals surface area contributed by atoms with E-state index in [4.69, 9.17) is 14.6 Å². The van der Waals surface area contributed by atoms with Gasteiger partial charge in [-0.05, 0) is 74.4 Å². The van der Waals surface area contributed by atoms with Crippen molar-refractivity contribution >= 4 is 17.7 Å². The Morgan fingerprint density at radius 1 is 1.03 bits per heavy atom. The van der Waals surface area contributed by atoms with Crippen LogP contribution in [0.1, 0.15) is 25.0 Å². The van der Waals surface area contributed by atoms with Gasteiger partial charge in [-0.1, -0.05) is 5.57 Å². The van der Waals surface area contributed by atoms with E-state index in [1.54, 1.807) is 17.8 Å². The molecule has 30 heavy (non-hydrogen) atoms. The Labute approximate surface area is 177 Å². The lowest BCUT2D eigenvalue weighted by atomic mass is 10.2. The molecule has 2 rings (SSSR count). The summed E-state index contributed by atoms with van der Waals surface area (Å²) in [6.07, 6.45) is -4.37. The highest BCUT2D eigenvalue weighted by atomic mass is 32.2. The summed E-state index contributed by atoms with van der Waals surface area (Å²) in [5.41, 5.74) is 2.23. The number of hydrogen-bond acceptors (Lipinski definition) is 4. The van der Waals surface area contributed by atoms with Gasteiger partial charge in [0.05, 0.1) is 5.56 Å². The van der Waals surface area contributed by atoms with Crippen molar-refractivity contribution in [2.24, 2.45) is 0 Å². The van der Waals surface area contributed by atoms with Gasteiger partial charge in [0.15, 0.2) is 6.61 Å². The molecule has 0 bridgehead atoms. The molecule has 0 aliphatic carbocycles. The first-order valence-electron chi connectivity index (χ1n) is 9.09. The molecular formula is C22H23F3O4S. The van der Waals surface area contributed by atoms with Gasteiger partial charge in [0.25, 0.3) is 0 Å². The van der Waals surface area contributed by atoms with E-state index in [-0.39, 0.29) is 6.61 Å². The maximum Gasteiger partial charge on any atom is 0.416 e. The van der Waals surface area contributed by atoms with E-state index in [0.29, 0.717) is 17.3 Å². The smallest absolute Gasteiger partial charge is 0.416 e. The summed E-state index contributed by atoms with van der Waals surface area (Å²) in [5, 5.41) is 8.70. The summed E-state index contributed by atoms with van der Waals surface area (Å²) in [6, 6.07) is 10.2. The minimum atomic E-state index is -4.37. The third-order valence-electron chi connectivity index (χ3n) is 4.21. The molecule has 2 aromatic carbocycles. The topological polar surface area (TPSA) is 55.8 Å². The zero-order valence-corrected chi connectivity index (χ0v) is 17.7. The molecule has 0 aliphatic rings. The number of halogens is 3. The van der Waals surface area contributed by atoms with Crippen molar-refractivity contribution in [2.45, 2.75) is 31.8 Å². The van der Waals surface area contributed by atoms with Crippen LogP contribution in [-0.4, -0.2) is 30.0 Å². The van der Waals surface area contributed by atoms with Gasteiger partial charge in [-0.15, -0.1) is 11.8 Å². The number of aliphatic carboxylic acids is 1. The zero-order chi connectivity index (χ0) is 22.3. The molecule has 0 atom stereocenters. The van der Waals surface area contributed by atoms with E-state index >= 15 is 0 Å². The van der Waals surface area contributed by atoms with Crippen LogP contribution in [0.3, 0.4) is 0 Å². The molecule has 0 saturated heterocycles. The van der Waals surface area contributed by atoms with Crippen molar-refractivity contribution in [1.82, 2.24) is 0 Å². The molecule has 4 nitrogen and oxygen atoms in total. The van der Waals surface area contributed by atoms with Gasteiger partial charge >= 0.3 is 12.1 Å². The maximum absolute atomic E-state index is 12.6. The van der Waals surface area contributed by atoms with Crippen molar-refractivity contribution < 1.29 is 32.5 Å². The first kappa shape index (κ1) is 23.7. The summed E-state index contributed by atoms with van der Waals surface area (Å²) in [5.74, 6) is 0.518. The third kappa shape index (κ3) is 7.33. The van der Waals surface area contributed by atoms with Crippen molar-refractivity contribution in [2.75, 3.05) is 19.0 Å². The second-order valence-corrected chi connectivity index (χ2v) is 7.86. The van der Waals surface area contributed by atoms with Gasteiger partial charge in [-0.25, -0.2) is 4.79 Å². The SMILES string of the molecule is CC(C)=C(COc1ccc(C(F)(F)F)cc1)CSc1ccc(OCC(=O)O)c(C)c1. The number of aryl methyl sites for hydroxylation is 1. The lowest BCUT2D eigenvalue weighted by molar-refractivity contribution is -0.139. The predicted molar refractivity (Wildman–Crippen MR) is 110 cm³/mol. The minimum absolute atomic E-state index is 0.277. The normalized spacial score (nSPS) is 11.1. The molecule has 0 fully saturated rings. The number of rotatable bonds is 9. The first-order chi connectivity index (χ1) is 14.1. The summed E-state index contributed by atoms with van der Waals surface area (Å²) >= 11 is 1.59. The number of carbonyl (C=O) groups is 1. The lowest BCUT2D eigenvalue weighted by Gasteiger charge is -2.14. The molecule has 0 heterocycles. The number of alkyl halides is 3. The highest BCUT2D eigenvalue weighted by Gasteiger charge is 2.30. The fourth-order valence-electron chi connectivity index (χ4n) is 2.42. The van der Waals surface area contributed by atoms with Crippen molar-refractivity contribution in [1.29, 1.82) is 0 Å². The molecule has 0 aromatic heterocycles. The molecule has 2 aromatic rings. The molecule has 0 radical (unpaired) electrons. The Hall–Kier alpha value is -2.61. The van der Waals surface area contributed by atoms with Crippen LogP contribution in [0.15, 0.2) is 58.5 Å². The Morgan fingerprint density at radius 2 is 1.70 bits per heavy atom. The number of benzene rings is 2. The van der Waals surface area contributed by atoms with Gasteiger partial charge in [0, 0.05) is 10.6 Å². The zero-order valence-electron chi connectivity index (χ0n) is 16.9. The van der Waals surface area contributed by atoms with Gasteiger partial charge in [0.2, 0.25) is 0 Å². The molecule has 0 amide bonds. The quantitative estimate of drug-likeness (QED) is 0.384. The van der Waals surface area contributed by atoms with E-state index in [0.717, 1.165) is 33.7 Å². The second-order valence-electron chi connectivity index (χ2n) is 6.81. The van der Waals surface area contributed by atoms with Crippen molar-refractivity contribution in [3.8, 4) is 11.5 Å². The molecule has 0 spiro atoms. The number of allylic oxidation sites excluding steroid dienone is 1. The number of thioether (sulfide) groups is 1. The highest BCUT2D eigenvalue weighted by molar-refractivity contribution is 7.99. The molecule has 0 saturated carbocycles. The monoisotopic (exact) mass is 440 g/mol. The number of carboxylic acid groups (broad SMARTS) is 1. The van der Waals surface area contributed by atoms with Crippen LogP contribution < -0.4 is 9.47 Å². The maximum atomic E-state index is 12.6. The fourth-order valence-corrected chi connectivity index (χ4v) is 3.56. The van der Waals surface area contributed by atoms with Crippen LogP contribution in [0.25, 0.3) is 0 Å². The van der Waals surface area contributed by atoms with E-state index in [1.165, 1.54) is 12.1 Å². The Morgan fingerprint density at radius 3 is 2.23 bits per heavy atom. The van der Waals surface area contributed by atoms with Crippen LogP contribution in [0.5, 0.6) is 11.5 Å². The largest absolute Gasteiger partial charge is 0.489 e.